The molecule has 0 aliphatic heterocycles. The maximum atomic E-state index is 4.23. The molecule has 0 spiro atoms. The molecule has 0 bridgehead atoms. The lowest BCUT2D eigenvalue weighted by Crippen LogP contribution is -2.08. The molecule has 0 unspecified atom stereocenters. The van der Waals surface area contributed by atoms with E-state index in [4.69, 9.17) is 0 Å². The zero-order chi connectivity index (χ0) is 11.4. The van der Waals surface area contributed by atoms with Crippen LogP contribution in [-0.4, -0.2) is 23.8 Å². The lowest BCUT2D eigenvalue weighted by atomic mass is 10.3. The van der Waals surface area contributed by atoms with Crippen LogP contribution >= 0.6 is 38.6 Å². The first kappa shape index (κ1) is 12.2. The van der Waals surface area contributed by atoms with Gasteiger partial charge in [0.25, 0.3) is 0 Å². The quantitative estimate of drug-likeness (QED) is 0.861. The number of aromatic nitrogens is 2. The van der Waals surface area contributed by atoms with Gasteiger partial charge in [0.1, 0.15) is 5.01 Å². The standard InChI is InChI=1S/C10H12BrN3S2/c1-12-5-2-3-8-13-14-10(16-8)9-7(11)4-6-15-9/h4,6,12H,2-3,5H2,1H3. The average molecular weight is 318 g/mol. The van der Waals surface area contributed by atoms with E-state index < -0.39 is 0 Å². The molecular weight excluding hydrogens is 306 g/mol. The van der Waals surface area contributed by atoms with Crippen molar-refractivity contribution in [3.05, 3.63) is 20.9 Å². The summed E-state index contributed by atoms with van der Waals surface area (Å²) in [6.45, 7) is 1.03. The Labute approximate surface area is 111 Å². The molecular formula is C10H12BrN3S2. The Balaban J connectivity index is 2.05. The molecule has 3 nitrogen and oxygen atoms in total. The second-order valence-electron chi connectivity index (χ2n) is 3.31. The van der Waals surface area contributed by atoms with E-state index in [0.29, 0.717) is 0 Å². The largest absolute Gasteiger partial charge is 0.320 e. The molecule has 0 fully saturated rings. The molecule has 2 aromatic heterocycles. The Morgan fingerprint density at radius 1 is 1.44 bits per heavy atom. The van der Waals surface area contributed by atoms with Crippen LogP contribution in [0.1, 0.15) is 11.4 Å². The van der Waals surface area contributed by atoms with Crippen LogP contribution in [0.15, 0.2) is 15.9 Å². The maximum absolute atomic E-state index is 4.23. The van der Waals surface area contributed by atoms with E-state index in [2.05, 4.69) is 36.8 Å². The first-order valence-electron chi connectivity index (χ1n) is 5.01. The van der Waals surface area contributed by atoms with Crippen molar-refractivity contribution in [1.82, 2.24) is 15.5 Å². The molecule has 86 valence electrons. The molecule has 0 aliphatic carbocycles. The van der Waals surface area contributed by atoms with Crippen molar-refractivity contribution in [1.29, 1.82) is 0 Å². The second-order valence-corrected chi connectivity index (χ2v) is 6.14. The second kappa shape index (κ2) is 5.86. The lowest BCUT2D eigenvalue weighted by molar-refractivity contribution is 0.718. The van der Waals surface area contributed by atoms with Crippen molar-refractivity contribution in [2.75, 3.05) is 13.6 Å². The minimum Gasteiger partial charge on any atom is -0.320 e. The predicted molar refractivity (Wildman–Crippen MR) is 73.2 cm³/mol. The molecule has 0 radical (unpaired) electrons. The summed E-state index contributed by atoms with van der Waals surface area (Å²) < 4.78 is 1.11. The zero-order valence-corrected chi connectivity index (χ0v) is 12.1. The molecule has 0 amide bonds. The molecule has 0 aliphatic rings. The van der Waals surface area contributed by atoms with Gasteiger partial charge in [-0.3, -0.25) is 0 Å². The molecule has 2 heterocycles. The Morgan fingerprint density at radius 3 is 3.00 bits per heavy atom. The molecule has 0 aromatic carbocycles. The topological polar surface area (TPSA) is 37.8 Å². The molecule has 2 rings (SSSR count). The third-order valence-corrected chi connectivity index (χ3v) is 5.07. The Kier molecular flexibility index (Phi) is 4.45. The van der Waals surface area contributed by atoms with E-state index in [1.807, 2.05) is 13.1 Å². The number of aryl methyl sites for hydroxylation is 1. The number of hydrogen-bond donors (Lipinski definition) is 1. The van der Waals surface area contributed by atoms with Crippen LogP contribution in [0.3, 0.4) is 0 Å². The highest BCUT2D eigenvalue weighted by molar-refractivity contribution is 9.10. The van der Waals surface area contributed by atoms with Crippen molar-refractivity contribution in [2.45, 2.75) is 12.8 Å². The van der Waals surface area contributed by atoms with E-state index in [0.717, 1.165) is 33.9 Å². The summed E-state index contributed by atoms with van der Waals surface area (Å²) in [5, 5.41) is 15.8. The van der Waals surface area contributed by atoms with E-state index in [9.17, 15) is 0 Å². The van der Waals surface area contributed by atoms with Gasteiger partial charge in [0.05, 0.1) is 4.88 Å². The summed E-state index contributed by atoms with van der Waals surface area (Å²) in [4.78, 5) is 1.18. The van der Waals surface area contributed by atoms with Gasteiger partial charge in [-0.1, -0.05) is 11.3 Å². The number of halogens is 1. The van der Waals surface area contributed by atoms with E-state index >= 15 is 0 Å². The summed E-state index contributed by atoms with van der Waals surface area (Å²) in [5.41, 5.74) is 0. The van der Waals surface area contributed by atoms with Crippen molar-refractivity contribution >= 4 is 38.6 Å². The molecule has 6 heteroatoms. The average Bonchev–Trinajstić information content (AvgIpc) is 2.87. The van der Waals surface area contributed by atoms with Gasteiger partial charge >= 0.3 is 0 Å². The van der Waals surface area contributed by atoms with E-state index in [1.165, 1.54) is 4.88 Å². The first-order chi connectivity index (χ1) is 7.81. The third-order valence-electron chi connectivity index (χ3n) is 2.10. The first-order valence-corrected chi connectivity index (χ1v) is 7.50. The number of hydrogen-bond acceptors (Lipinski definition) is 5. The van der Waals surface area contributed by atoms with Gasteiger partial charge in [-0.15, -0.1) is 21.5 Å². The van der Waals surface area contributed by atoms with Crippen molar-refractivity contribution in [2.24, 2.45) is 0 Å². The van der Waals surface area contributed by atoms with Gasteiger partial charge in [-0.25, -0.2) is 0 Å². The fraction of sp³-hybridized carbons (Fsp3) is 0.400. The minimum atomic E-state index is 1.00. The molecule has 2 aromatic rings. The fourth-order valence-electron chi connectivity index (χ4n) is 1.31. The number of nitrogens with zero attached hydrogens (tertiary/aromatic N) is 2. The number of nitrogens with one attached hydrogen (secondary N) is 1. The van der Waals surface area contributed by atoms with Crippen LogP contribution in [0, 0.1) is 0 Å². The number of thiophene rings is 1. The Hall–Kier alpha value is -0.300. The Bertz CT molecular complexity index is 452. The smallest absolute Gasteiger partial charge is 0.158 e. The highest BCUT2D eigenvalue weighted by Crippen LogP contribution is 2.35. The van der Waals surface area contributed by atoms with Crippen LogP contribution in [0.2, 0.25) is 0 Å². The van der Waals surface area contributed by atoms with Crippen molar-refractivity contribution < 1.29 is 0 Å². The Morgan fingerprint density at radius 2 is 2.31 bits per heavy atom. The third kappa shape index (κ3) is 2.88. The van der Waals surface area contributed by atoms with E-state index in [-0.39, 0.29) is 0 Å². The van der Waals surface area contributed by atoms with Crippen LogP contribution in [0.25, 0.3) is 9.88 Å². The van der Waals surface area contributed by atoms with Gasteiger partial charge in [0.15, 0.2) is 5.01 Å². The normalized spacial score (nSPS) is 10.9. The van der Waals surface area contributed by atoms with Crippen molar-refractivity contribution in [3.63, 3.8) is 0 Å². The molecule has 1 N–H and O–H groups in total. The molecule has 0 atom stereocenters. The summed E-state index contributed by atoms with van der Waals surface area (Å²) in [5.74, 6) is 0. The summed E-state index contributed by atoms with van der Waals surface area (Å²) in [6, 6.07) is 2.04. The zero-order valence-electron chi connectivity index (χ0n) is 8.86. The van der Waals surface area contributed by atoms with Crippen LogP contribution < -0.4 is 5.32 Å². The van der Waals surface area contributed by atoms with Gasteiger partial charge in [0, 0.05) is 10.9 Å². The van der Waals surface area contributed by atoms with Crippen LogP contribution in [0.5, 0.6) is 0 Å². The SMILES string of the molecule is CNCCCc1nnc(-c2sccc2Br)s1. The number of rotatable bonds is 5. The van der Waals surface area contributed by atoms with Gasteiger partial charge in [-0.05, 0) is 47.4 Å². The fourth-order valence-corrected chi connectivity index (χ4v) is 3.98. The monoisotopic (exact) mass is 317 g/mol. The lowest BCUT2D eigenvalue weighted by Gasteiger charge is -1.94. The maximum Gasteiger partial charge on any atom is 0.158 e. The summed E-state index contributed by atoms with van der Waals surface area (Å²) in [6.07, 6.45) is 2.11. The summed E-state index contributed by atoms with van der Waals surface area (Å²) in [7, 11) is 1.97. The van der Waals surface area contributed by atoms with Gasteiger partial charge < -0.3 is 5.32 Å². The van der Waals surface area contributed by atoms with Crippen LogP contribution in [0.4, 0.5) is 0 Å². The predicted octanol–water partition coefficient (Wildman–Crippen LogP) is 3.18. The highest BCUT2D eigenvalue weighted by Gasteiger charge is 2.10. The molecule has 0 saturated heterocycles. The van der Waals surface area contributed by atoms with Crippen molar-refractivity contribution in [3.8, 4) is 9.88 Å². The minimum absolute atomic E-state index is 1.00. The summed E-state index contributed by atoms with van der Waals surface area (Å²) >= 11 is 6.89. The van der Waals surface area contributed by atoms with E-state index in [1.54, 1.807) is 22.7 Å². The molecule has 0 saturated carbocycles. The van der Waals surface area contributed by atoms with Crippen LogP contribution in [-0.2, 0) is 6.42 Å². The molecule has 16 heavy (non-hydrogen) atoms. The highest BCUT2D eigenvalue weighted by atomic mass is 79.9. The van der Waals surface area contributed by atoms with Gasteiger partial charge in [0.2, 0.25) is 0 Å². The van der Waals surface area contributed by atoms with Gasteiger partial charge in [-0.2, -0.15) is 0 Å².